The van der Waals surface area contributed by atoms with Crippen LogP contribution in [0.1, 0.15) is 21.6 Å². The van der Waals surface area contributed by atoms with Crippen molar-refractivity contribution in [1.29, 1.82) is 0 Å². The van der Waals surface area contributed by atoms with Crippen molar-refractivity contribution in [2.24, 2.45) is 0 Å². The van der Waals surface area contributed by atoms with E-state index in [-0.39, 0.29) is 11.7 Å². The highest BCUT2D eigenvalue weighted by Gasteiger charge is 2.14. The molecule has 0 atom stereocenters. The Balaban J connectivity index is 1.68. The average Bonchev–Trinajstić information content (AvgIpc) is 2.91. The van der Waals surface area contributed by atoms with Crippen LogP contribution in [0.15, 0.2) is 42.5 Å². The number of H-pyrrole nitrogens is 1. The number of fused-ring (bicyclic) bond motifs is 1. The number of halogens is 1. The van der Waals surface area contributed by atoms with Gasteiger partial charge in [0.2, 0.25) is 0 Å². The largest absolute Gasteiger partial charge is 0.497 e. The van der Waals surface area contributed by atoms with Crippen LogP contribution in [0.3, 0.4) is 0 Å². The first-order chi connectivity index (χ1) is 11.6. The van der Waals surface area contributed by atoms with E-state index in [1.165, 1.54) is 12.1 Å². The second kappa shape index (κ2) is 6.74. The Morgan fingerprint density at radius 3 is 2.88 bits per heavy atom. The number of aromatic amines is 1. The van der Waals surface area contributed by atoms with Crippen molar-refractivity contribution in [1.82, 2.24) is 10.3 Å². The van der Waals surface area contributed by atoms with Crippen LogP contribution in [0, 0.1) is 12.7 Å². The zero-order valence-corrected chi connectivity index (χ0v) is 13.7. The Bertz CT molecular complexity index is 886. The summed E-state index contributed by atoms with van der Waals surface area (Å²) in [5.41, 5.74) is 3.01. The van der Waals surface area contributed by atoms with Crippen molar-refractivity contribution >= 4 is 16.8 Å². The van der Waals surface area contributed by atoms with Gasteiger partial charge in [-0.05, 0) is 54.8 Å². The molecule has 24 heavy (non-hydrogen) atoms. The van der Waals surface area contributed by atoms with E-state index in [1.54, 1.807) is 13.2 Å². The van der Waals surface area contributed by atoms with Gasteiger partial charge in [0.25, 0.3) is 5.91 Å². The number of aryl methyl sites for hydroxylation is 1. The van der Waals surface area contributed by atoms with Crippen molar-refractivity contribution in [3.05, 3.63) is 65.1 Å². The predicted octanol–water partition coefficient (Wildman–Crippen LogP) is 3.60. The normalized spacial score (nSPS) is 10.8. The molecule has 0 saturated heterocycles. The first-order valence-electron chi connectivity index (χ1n) is 7.77. The molecular weight excluding hydrogens is 307 g/mol. The first-order valence-corrected chi connectivity index (χ1v) is 7.77. The van der Waals surface area contributed by atoms with E-state index in [0.717, 1.165) is 22.3 Å². The molecule has 0 aliphatic rings. The number of ether oxygens (including phenoxy) is 1. The van der Waals surface area contributed by atoms with Crippen LogP contribution >= 0.6 is 0 Å². The average molecular weight is 326 g/mol. The van der Waals surface area contributed by atoms with Crippen molar-refractivity contribution in [2.75, 3.05) is 13.7 Å². The van der Waals surface area contributed by atoms with E-state index in [9.17, 15) is 9.18 Å². The molecule has 1 amide bonds. The summed E-state index contributed by atoms with van der Waals surface area (Å²) in [6.45, 7) is 2.36. The van der Waals surface area contributed by atoms with Gasteiger partial charge in [-0.25, -0.2) is 4.39 Å². The predicted molar refractivity (Wildman–Crippen MR) is 92.0 cm³/mol. The van der Waals surface area contributed by atoms with E-state index >= 15 is 0 Å². The van der Waals surface area contributed by atoms with Crippen LogP contribution in [0.5, 0.6) is 5.75 Å². The summed E-state index contributed by atoms with van der Waals surface area (Å²) in [6, 6.07) is 12.2. The standard InChI is InChI=1S/C19H19FN2O2/c1-12-16-7-6-14(20)11-17(16)22-18(12)19(23)21-9-8-13-4-3-5-15(10-13)24-2/h3-7,10-11,22H,8-9H2,1-2H3,(H,21,23). The minimum absolute atomic E-state index is 0.188. The van der Waals surface area contributed by atoms with E-state index in [2.05, 4.69) is 10.3 Å². The molecule has 0 radical (unpaired) electrons. The van der Waals surface area contributed by atoms with Crippen molar-refractivity contribution < 1.29 is 13.9 Å². The first kappa shape index (κ1) is 16.1. The highest BCUT2D eigenvalue weighted by atomic mass is 19.1. The maximum absolute atomic E-state index is 13.3. The lowest BCUT2D eigenvalue weighted by Gasteiger charge is -2.06. The van der Waals surface area contributed by atoms with Gasteiger partial charge in [-0.1, -0.05) is 12.1 Å². The molecule has 4 nitrogen and oxygen atoms in total. The number of carbonyl (C=O) groups is 1. The summed E-state index contributed by atoms with van der Waals surface area (Å²) >= 11 is 0. The number of aromatic nitrogens is 1. The molecule has 3 rings (SSSR count). The third kappa shape index (κ3) is 3.25. The quantitative estimate of drug-likeness (QED) is 0.753. The molecule has 1 heterocycles. The van der Waals surface area contributed by atoms with Gasteiger partial charge in [-0.3, -0.25) is 4.79 Å². The second-order valence-corrected chi connectivity index (χ2v) is 5.67. The van der Waals surface area contributed by atoms with E-state index in [1.807, 2.05) is 31.2 Å². The van der Waals surface area contributed by atoms with Crippen molar-refractivity contribution in [3.63, 3.8) is 0 Å². The molecule has 124 valence electrons. The minimum Gasteiger partial charge on any atom is -0.497 e. The van der Waals surface area contributed by atoms with Gasteiger partial charge in [0.05, 0.1) is 7.11 Å². The number of rotatable bonds is 5. The van der Waals surface area contributed by atoms with Crippen LogP contribution in [0.4, 0.5) is 4.39 Å². The molecule has 3 aromatic rings. The SMILES string of the molecule is COc1cccc(CCNC(=O)c2[nH]c3cc(F)ccc3c2C)c1. The number of amides is 1. The minimum atomic E-state index is -0.325. The van der Waals surface area contributed by atoms with Crippen LogP contribution in [0.25, 0.3) is 10.9 Å². The van der Waals surface area contributed by atoms with Crippen molar-refractivity contribution in [2.45, 2.75) is 13.3 Å². The van der Waals surface area contributed by atoms with Crippen LogP contribution in [-0.4, -0.2) is 24.5 Å². The van der Waals surface area contributed by atoms with Gasteiger partial charge >= 0.3 is 0 Å². The number of benzene rings is 2. The number of nitrogens with one attached hydrogen (secondary N) is 2. The second-order valence-electron chi connectivity index (χ2n) is 5.67. The van der Waals surface area contributed by atoms with Crippen LogP contribution in [-0.2, 0) is 6.42 Å². The Morgan fingerprint density at radius 1 is 1.25 bits per heavy atom. The molecule has 5 heteroatoms. The Kier molecular flexibility index (Phi) is 4.51. The molecule has 2 aromatic carbocycles. The molecule has 0 fully saturated rings. The van der Waals surface area contributed by atoms with Crippen LogP contribution in [0.2, 0.25) is 0 Å². The highest BCUT2D eigenvalue weighted by Crippen LogP contribution is 2.22. The van der Waals surface area contributed by atoms with Crippen molar-refractivity contribution in [3.8, 4) is 5.75 Å². The molecule has 0 saturated carbocycles. The smallest absolute Gasteiger partial charge is 0.268 e. The zero-order chi connectivity index (χ0) is 17.1. The molecule has 0 spiro atoms. The van der Waals surface area contributed by atoms with E-state index in [4.69, 9.17) is 4.74 Å². The zero-order valence-electron chi connectivity index (χ0n) is 13.7. The van der Waals surface area contributed by atoms with Crippen LogP contribution < -0.4 is 10.1 Å². The fraction of sp³-hybridized carbons (Fsp3) is 0.211. The topological polar surface area (TPSA) is 54.1 Å². The Morgan fingerprint density at radius 2 is 2.08 bits per heavy atom. The summed E-state index contributed by atoms with van der Waals surface area (Å²) in [7, 11) is 1.63. The highest BCUT2D eigenvalue weighted by molar-refractivity contribution is 6.00. The molecule has 0 bridgehead atoms. The molecule has 2 N–H and O–H groups in total. The fourth-order valence-corrected chi connectivity index (χ4v) is 2.77. The monoisotopic (exact) mass is 326 g/mol. The number of hydrogen-bond donors (Lipinski definition) is 2. The lowest BCUT2D eigenvalue weighted by Crippen LogP contribution is -2.26. The number of methoxy groups -OCH3 is 1. The summed E-state index contributed by atoms with van der Waals surface area (Å²) < 4.78 is 18.5. The van der Waals surface area contributed by atoms with Gasteiger partial charge in [-0.15, -0.1) is 0 Å². The van der Waals surface area contributed by atoms with Gasteiger partial charge in [-0.2, -0.15) is 0 Å². The van der Waals surface area contributed by atoms with Gasteiger partial charge in [0, 0.05) is 17.4 Å². The number of carbonyl (C=O) groups excluding carboxylic acids is 1. The van der Waals surface area contributed by atoms with Gasteiger partial charge in [0.15, 0.2) is 0 Å². The lowest BCUT2D eigenvalue weighted by atomic mass is 10.1. The molecule has 1 aromatic heterocycles. The maximum atomic E-state index is 13.3. The molecule has 0 unspecified atom stereocenters. The van der Waals surface area contributed by atoms with E-state index in [0.29, 0.717) is 24.2 Å². The molecular formula is C19H19FN2O2. The Labute approximate surface area is 139 Å². The maximum Gasteiger partial charge on any atom is 0.268 e. The van der Waals surface area contributed by atoms with Gasteiger partial charge < -0.3 is 15.0 Å². The Hall–Kier alpha value is -2.82. The van der Waals surface area contributed by atoms with Gasteiger partial charge in [0.1, 0.15) is 17.3 Å². The summed E-state index contributed by atoms with van der Waals surface area (Å²) in [6.07, 6.45) is 0.705. The lowest BCUT2D eigenvalue weighted by molar-refractivity contribution is 0.0949. The molecule has 0 aliphatic carbocycles. The third-order valence-corrected chi connectivity index (χ3v) is 4.08. The summed E-state index contributed by atoms with van der Waals surface area (Å²) in [5, 5.41) is 3.75. The van der Waals surface area contributed by atoms with E-state index < -0.39 is 0 Å². The summed E-state index contributed by atoms with van der Waals surface area (Å²) in [4.78, 5) is 15.4. The molecule has 0 aliphatic heterocycles. The number of hydrogen-bond acceptors (Lipinski definition) is 2. The summed E-state index contributed by atoms with van der Waals surface area (Å²) in [5.74, 6) is 0.285. The fourth-order valence-electron chi connectivity index (χ4n) is 2.77. The third-order valence-electron chi connectivity index (χ3n) is 4.08.